The van der Waals surface area contributed by atoms with E-state index in [0.717, 1.165) is 12.1 Å². The van der Waals surface area contributed by atoms with E-state index in [1.165, 1.54) is 5.56 Å². The minimum Gasteiger partial charge on any atom is -0.480 e. The predicted octanol–water partition coefficient (Wildman–Crippen LogP) is 2.91. The number of benzene rings is 1. The van der Waals surface area contributed by atoms with Crippen LogP contribution in [0.15, 0.2) is 24.3 Å². The Balaban J connectivity index is 2.90. The fourth-order valence-electron chi connectivity index (χ4n) is 1.48. The lowest BCUT2D eigenvalue weighted by molar-refractivity contribution is -0.141. The van der Waals surface area contributed by atoms with Gasteiger partial charge in [-0.05, 0) is 37.5 Å². The van der Waals surface area contributed by atoms with E-state index >= 15 is 0 Å². The second-order valence-corrected chi connectivity index (χ2v) is 4.17. The van der Waals surface area contributed by atoms with Crippen molar-refractivity contribution in [1.82, 2.24) is 0 Å². The standard InChI is InChI=1S/C13H19NO2/c1-4-10-7-6-8-11(9-10)14-13(3,5-2)12(15)16/h6-9,14H,4-5H2,1-3H3,(H,15,16). The number of carbonyl (C=O) groups is 1. The van der Waals surface area contributed by atoms with Gasteiger partial charge in [-0.1, -0.05) is 26.0 Å². The number of hydrogen-bond acceptors (Lipinski definition) is 2. The molecular formula is C13H19NO2. The molecule has 0 fully saturated rings. The van der Waals surface area contributed by atoms with Crippen molar-refractivity contribution in [2.45, 2.75) is 39.2 Å². The Morgan fingerprint density at radius 2 is 2.12 bits per heavy atom. The maximum Gasteiger partial charge on any atom is 0.329 e. The van der Waals surface area contributed by atoms with Crippen LogP contribution >= 0.6 is 0 Å². The fraction of sp³-hybridized carbons (Fsp3) is 0.462. The summed E-state index contributed by atoms with van der Waals surface area (Å²) in [6.07, 6.45) is 1.49. The van der Waals surface area contributed by atoms with E-state index in [4.69, 9.17) is 5.11 Å². The van der Waals surface area contributed by atoms with Crippen LogP contribution in [0.25, 0.3) is 0 Å². The lowest BCUT2D eigenvalue weighted by Crippen LogP contribution is -2.42. The zero-order chi connectivity index (χ0) is 12.2. The molecule has 16 heavy (non-hydrogen) atoms. The van der Waals surface area contributed by atoms with Crippen molar-refractivity contribution < 1.29 is 9.90 Å². The molecule has 0 aliphatic carbocycles. The van der Waals surface area contributed by atoms with Gasteiger partial charge in [-0.25, -0.2) is 4.79 Å². The second-order valence-electron chi connectivity index (χ2n) is 4.17. The molecule has 0 saturated carbocycles. The summed E-state index contributed by atoms with van der Waals surface area (Å²) in [5.41, 5.74) is 1.17. The molecule has 88 valence electrons. The fourth-order valence-corrected chi connectivity index (χ4v) is 1.48. The van der Waals surface area contributed by atoms with Crippen LogP contribution in [-0.4, -0.2) is 16.6 Å². The monoisotopic (exact) mass is 221 g/mol. The zero-order valence-corrected chi connectivity index (χ0v) is 10.1. The van der Waals surface area contributed by atoms with E-state index in [2.05, 4.69) is 12.2 Å². The van der Waals surface area contributed by atoms with Crippen LogP contribution in [0.5, 0.6) is 0 Å². The molecule has 0 bridgehead atoms. The highest BCUT2D eigenvalue weighted by molar-refractivity contribution is 5.82. The van der Waals surface area contributed by atoms with Gasteiger partial charge in [-0.15, -0.1) is 0 Å². The van der Waals surface area contributed by atoms with Gasteiger partial charge >= 0.3 is 5.97 Å². The lowest BCUT2D eigenvalue weighted by Gasteiger charge is -2.26. The molecule has 2 N–H and O–H groups in total. The molecule has 1 rings (SSSR count). The summed E-state index contributed by atoms with van der Waals surface area (Å²) in [4.78, 5) is 11.1. The molecule has 3 nitrogen and oxygen atoms in total. The lowest BCUT2D eigenvalue weighted by atomic mass is 9.98. The number of hydrogen-bond donors (Lipinski definition) is 2. The molecule has 1 unspecified atom stereocenters. The van der Waals surface area contributed by atoms with Crippen LogP contribution in [0, 0.1) is 0 Å². The van der Waals surface area contributed by atoms with E-state index in [9.17, 15) is 4.79 Å². The van der Waals surface area contributed by atoms with E-state index < -0.39 is 11.5 Å². The number of nitrogens with one attached hydrogen (secondary N) is 1. The summed E-state index contributed by atoms with van der Waals surface area (Å²) < 4.78 is 0. The SMILES string of the molecule is CCc1cccc(NC(C)(CC)C(=O)O)c1. The molecule has 1 aromatic rings. The van der Waals surface area contributed by atoms with Crippen molar-refractivity contribution in [1.29, 1.82) is 0 Å². The normalized spacial score (nSPS) is 14.2. The zero-order valence-electron chi connectivity index (χ0n) is 10.1. The average molecular weight is 221 g/mol. The smallest absolute Gasteiger partial charge is 0.329 e. The van der Waals surface area contributed by atoms with Gasteiger partial charge in [0.25, 0.3) is 0 Å². The van der Waals surface area contributed by atoms with Crippen LogP contribution in [0.4, 0.5) is 5.69 Å². The Labute approximate surface area is 96.5 Å². The van der Waals surface area contributed by atoms with Gasteiger partial charge in [0.1, 0.15) is 5.54 Å². The Morgan fingerprint density at radius 1 is 1.44 bits per heavy atom. The van der Waals surface area contributed by atoms with Gasteiger partial charge in [-0.3, -0.25) is 0 Å². The van der Waals surface area contributed by atoms with Crippen molar-refractivity contribution in [2.24, 2.45) is 0 Å². The molecule has 1 atom stereocenters. The summed E-state index contributed by atoms with van der Waals surface area (Å²) in [7, 11) is 0. The van der Waals surface area contributed by atoms with E-state index in [1.54, 1.807) is 6.92 Å². The average Bonchev–Trinajstić information content (AvgIpc) is 2.29. The first-order chi connectivity index (χ1) is 7.51. The Morgan fingerprint density at radius 3 is 2.62 bits per heavy atom. The third kappa shape index (κ3) is 2.75. The molecule has 0 heterocycles. The van der Waals surface area contributed by atoms with Gasteiger partial charge < -0.3 is 10.4 Å². The molecule has 0 radical (unpaired) electrons. The number of aryl methyl sites for hydroxylation is 1. The highest BCUT2D eigenvalue weighted by Gasteiger charge is 2.30. The summed E-state index contributed by atoms with van der Waals surface area (Å²) in [5.74, 6) is -0.822. The topological polar surface area (TPSA) is 49.3 Å². The van der Waals surface area contributed by atoms with Gasteiger partial charge in [-0.2, -0.15) is 0 Å². The summed E-state index contributed by atoms with van der Waals surface area (Å²) >= 11 is 0. The molecule has 0 aromatic heterocycles. The van der Waals surface area contributed by atoms with Crippen LogP contribution in [0.1, 0.15) is 32.8 Å². The highest BCUT2D eigenvalue weighted by Crippen LogP contribution is 2.20. The molecule has 0 aliphatic rings. The summed E-state index contributed by atoms with van der Waals surface area (Å²) in [6, 6.07) is 7.88. The first-order valence-corrected chi connectivity index (χ1v) is 5.62. The number of rotatable bonds is 5. The van der Waals surface area contributed by atoms with E-state index in [0.29, 0.717) is 6.42 Å². The maximum absolute atomic E-state index is 11.1. The van der Waals surface area contributed by atoms with Crippen LogP contribution in [-0.2, 0) is 11.2 Å². The van der Waals surface area contributed by atoms with Crippen LogP contribution in [0.2, 0.25) is 0 Å². The minimum atomic E-state index is -0.896. The molecule has 0 saturated heterocycles. The van der Waals surface area contributed by atoms with Crippen LogP contribution < -0.4 is 5.32 Å². The Bertz CT molecular complexity index is 376. The van der Waals surface area contributed by atoms with Gasteiger partial charge in [0.05, 0.1) is 0 Å². The quantitative estimate of drug-likeness (QED) is 0.803. The molecular weight excluding hydrogens is 202 g/mol. The summed E-state index contributed by atoms with van der Waals surface area (Å²) in [6.45, 7) is 5.65. The Kier molecular flexibility index (Phi) is 3.93. The molecule has 0 amide bonds. The van der Waals surface area contributed by atoms with Gasteiger partial charge in [0.15, 0.2) is 0 Å². The van der Waals surface area contributed by atoms with Gasteiger partial charge in [0.2, 0.25) is 0 Å². The number of carboxylic acid groups (broad SMARTS) is 1. The second kappa shape index (κ2) is 5.01. The van der Waals surface area contributed by atoms with E-state index in [1.807, 2.05) is 31.2 Å². The third-order valence-electron chi connectivity index (χ3n) is 2.93. The number of aliphatic carboxylic acids is 1. The van der Waals surface area contributed by atoms with Crippen molar-refractivity contribution in [3.05, 3.63) is 29.8 Å². The molecule has 0 aliphatic heterocycles. The summed E-state index contributed by atoms with van der Waals surface area (Å²) in [5, 5.41) is 12.2. The van der Waals surface area contributed by atoms with Crippen molar-refractivity contribution in [3.8, 4) is 0 Å². The van der Waals surface area contributed by atoms with Gasteiger partial charge in [0, 0.05) is 5.69 Å². The molecule has 3 heteroatoms. The van der Waals surface area contributed by atoms with Crippen molar-refractivity contribution in [2.75, 3.05) is 5.32 Å². The maximum atomic E-state index is 11.1. The molecule has 0 spiro atoms. The predicted molar refractivity (Wildman–Crippen MR) is 65.8 cm³/mol. The minimum absolute atomic E-state index is 0.540. The largest absolute Gasteiger partial charge is 0.480 e. The van der Waals surface area contributed by atoms with Crippen LogP contribution in [0.3, 0.4) is 0 Å². The first-order valence-electron chi connectivity index (χ1n) is 5.62. The first kappa shape index (κ1) is 12.6. The van der Waals surface area contributed by atoms with E-state index in [-0.39, 0.29) is 0 Å². The van der Waals surface area contributed by atoms with Crippen molar-refractivity contribution in [3.63, 3.8) is 0 Å². The highest BCUT2D eigenvalue weighted by atomic mass is 16.4. The van der Waals surface area contributed by atoms with Crippen molar-refractivity contribution >= 4 is 11.7 Å². The third-order valence-corrected chi connectivity index (χ3v) is 2.93. The molecule has 1 aromatic carbocycles. The Hall–Kier alpha value is -1.51. The number of anilines is 1. The number of carboxylic acids is 1.